The first kappa shape index (κ1) is 29.4. The van der Waals surface area contributed by atoms with Crippen molar-refractivity contribution in [3.8, 4) is 0 Å². The van der Waals surface area contributed by atoms with Crippen LogP contribution in [0, 0.1) is 0 Å². The van der Waals surface area contributed by atoms with Crippen LogP contribution in [0.3, 0.4) is 0 Å². The van der Waals surface area contributed by atoms with Gasteiger partial charge in [-0.15, -0.1) is 11.3 Å². The summed E-state index contributed by atoms with van der Waals surface area (Å²) in [6, 6.07) is 4.54. The third kappa shape index (κ3) is 6.65. The van der Waals surface area contributed by atoms with E-state index in [-0.39, 0.29) is 70.7 Å². The molecule has 15 heteroatoms. The predicted molar refractivity (Wildman–Crippen MR) is 131 cm³/mol. The van der Waals surface area contributed by atoms with E-state index in [2.05, 4.69) is 0 Å². The Morgan fingerprint density at radius 1 is 1.22 bits per heavy atom. The largest absolute Gasteiger partial charge is 0.417 e. The molecule has 0 bridgehead atoms. The van der Waals surface area contributed by atoms with Crippen molar-refractivity contribution in [3.05, 3.63) is 49.1 Å². The lowest BCUT2D eigenvalue weighted by Gasteiger charge is -2.38. The number of benzene rings is 1. The minimum Gasteiger partial charge on any atom is -0.385 e. The van der Waals surface area contributed by atoms with Crippen LogP contribution in [-0.4, -0.2) is 68.5 Å². The number of amides is 1. The third-order valence-corrected chi connectivity index (χ3v) is 9.78. The maximum Gasteiger partial charge on any atom is 0.417 e. The van der Waals surface area contributed by atoms with E-state index in [1.165, 1.54) is 24.1 Å². The van der Waals surface area contributed by atoms with Crippen LogP contribution >= 0.6 is 46.1 Å². The van der Waals surface area contributed by atoms with E-state index in [4.69, 9.17) is 39.5 Å². The molecule has 2 aromatic rings. The molecular formula is C21H22Cl3F3N2O5S2. The van der Waals surface area contributed by atoms with E-state index in [1.54, 1.807) is 0 Å². The Labute approximate surface area is 225 Å². The van der Waals surface area contributed by atoms with Crippen LogP contribution in [0.5, 0.6) is 0 Å². The van der Waals surface area contributed by atoms with E-state index in [9.17, 15) is 31.5 Å². The van der Waals surface area contributed by atoms with E-state index in [0.717, 1.165) is 27.8 Å². The van der Waals surface area contributed by atoms with Crippen molar-refractivity contribution in [2.24, 2.45) is 0 Å². The molecule has 1 saturated heterocycles. The van der Waals surface area contributed by atoms with E-state index in [0.29, 0.717) is 0 Å². The fourth-order valence-corrected chi connectivity index (χ4v) is 7.17. The molecule has 1 N–H and O–H groups in total. The zero-order valence-corrected chi connectivity index (χ0v) is 22.7. The van der Waals surface area contributed by atoms with Crippen LogP contribution < -0.4 is 0 Å². The molecule has 1 aliphatic rings. The average molecular weight is 610 g/mol. The average Bonchev–Trinajstić information content (AvgIpc) is 3.14. The number of rotatable bonds is 8. The number of alkyl halides is 3. The molecule has 7 nitrogen and oxygen atoms in total. The number of piperidine rings is 1. The number of hydrogen-bond acceptors (Lipinski definition) is 6. The van der Waals surface area contributed by atoms with Crippen molar-refractivity contribution in [3.63, 3.8) is 0 Å². The molecule has 0 unspecified atom stereocenters. The van der Waals surface area contributed by atoms with Gasteiger partial charge in [0, 0.05) is 26.7 Å². The number of carbonyl (C=O) groups excluding carboxylic acids is 1. The quantitative estimate of drug-likeness (QED) is 0.432. The second-order valence-electron chi connectivity index (χ2n) is 8.17. The van der Waals surface area contributed by atoms with Crippen molar-refractivity contribution in [1.29, 1.82) is 0 Å². The highest BCUT2D eigenvalue weighted by atomic mass is 35.5. The number of sulfonamides is 1. The molecule has 1 aromatic carbocycles. The van der Waals surface area contributed by atoms with Gasteiger partial charge >= 0.3 is 6.18 Å². The maximum absolute atomic E-state index is 13.2. The molecule has 1 amide bonds. The minimum atomic E-state index is -4.66. The molecule has 2 heterocycles. The number of hydrogen-bond donors (Lipinski definition) is 1. The van der Waals surface area contributed by atoms with Crippen molar-refractivity contribution in [1.82, 2.24) is 9.21 Å². The van der Waals surface area contributed by atoms with Crippen molar-refractivity contribution in [2.75, 3.05) is 39.9 Å². The second kappa shape index (κ2) is 11.3. The van der Waals surface area contributed by atoms with Gasteiger partial charge in [0.1, 0.15) is 15.8 Å². The number of ether oxygens (including phenoxy) is 1. The highest BCUT2D eigenvalue weighted by Crippen LogP contribution is 2.40. The summed E-state index contributed by atoms with van der Waals surface area (Å²) in [5, 5.41) is 10.5. The molecule has 3 rings (SSSR count). The lowest BCUT2D eigenvalue weighted by Crippen LogP contribution is -2.46. The van der Waals surface area contributed by atoms with Gasteiger partial charge in [-0.25, -0.2) is 8.42 Å². The maximum atomic E-state index is 13.2. The standard InChI is InChI=1S/C21H22Cl3F3N2O5S2/c1-28(36(32,33)16-11-17(23)35-19(16)24)8-9-34-12-18(30)29-6-4-20(31,5-7-29)13-2-3-15(22)14(10-13)21(25,26)27/h2-3,10-11,31H,4-9,12H2,1H3. The second-order valence-corrected chi connectivity index (χ2v) is 12.9. The predicted octanol–water partition coefficient (Wildman–Crippen LogP) is 4.87. The summed E-state index contributed by atoms with van der Waals surface area (Å²) in [5.41, 5.74) is -2.48. The molecule has 0 radical (unpaired) electrons. The van der Waals surface area contributed by atoms with Crippen molar-refractivity contribution < 1.29 is 36.2 Å². The Hall–Kier alpha value is -1.12. The van der Waals surface area contributed by atoms with Gasteiger partial charge in [0.15, 0.2) is 0 Å². The highest BCUT2D eigenvalue weighted by Gasteiger charge is 2.39. The number of carbonyl (C=O) groups is 1. The summed E-state index contributed by atoms with van der Waals surface area (Å²) in [5.74, 6) is -0.387. The number of likely N-dealkylation sites (tertiary alicyclic amines) is 1. The van der Waals surface area contributed by atoms with Gasteiger partial charge in [-0.1, -0.05) is 40.9 Å². The molecule has 0 spiro atoms. The Balaban J connectivity index is 1.49. The minimum absolute atomic E-state index is 0.0304. The van der Waals surface area contributed by atoms with E-state index >= 15 is 0 Å². The Kier molecular flexibility index (Phi) is 9.26. The van der Waals surface area contributed by atoms with Crippen LogP contribution in [0.25, 0.3) is 0 Å². The summed E-state index contributed by atoms with van der Waals surface area (Å²) in [4.78, 5) is 13.8. The van der Waals surface area contributed by atoms with Crippen LogP contribution in [0.15, 0.2) is 29.2 Å². The smallest absolute Gasteiger partial charge is 0.385 e. The summed E-state index contributed by atoms with van der Waals surface area (Å²) in [6.07, 6.45) is -4.60. The Morgan fingerprint density at radius 2 is 1.86 bits per heavy atom. The summed E-state index contributed by atoms with van der Waals surface area (Å²) in [6.45, 7) is -0.226. The third-order valence-electron chi connectivity index (χ3n) is 5.84. The topological polar surface area (TPSA) is 87.2 Å². The van der Waals surface area contributed by atoms with E-state index in [1.807, 2.05) is 0 Å². The van der Waals surface area contributed by atoms with Crippen LogP contribution in [0.1, 0.15) is 24.0 Å². The summed E-state index contributed by atoms with van der Waals surface area (Å²) >= 11 is 18.3. The van der Waals surface area contributed by atoms with Gasteiger partial charge < -0.3 is 14.7 Å². The molecule has 1 fully saturated rings. The first-order chi connectivity index (χ1) is 16.6. The normalized spacial score (nSPS) is 16.5. The zero-order chi connectivity index (χ0) is 26.9. The number of halogens is 6. The van der Waals surface area contributed by atoms with Crippen LogP contribution in [0.4, 0.5) is 13.2 Å². The zero-order valence-electron chi connectivity index (χ0n) is 18.8. The van der Waals surface area contributed by atoms with Crippen molar-refractivity contribution in [2.45, 2.75) is 29.5 Å². The SMILES string of the molecule is CN(CCOCC(=O)N1CCC(O)(c2ccc(Cl)c(C(F)(F)F)c2)CC1)S(=O)(=O)c1cc(Cl)sc1Cl. The number of nitrogens with zero attached hydrogens (tertiary/aromatic N) is 2. The monoisotopic (exact) mass is 608 g/mol. The number of thiophene rings is 1. The summed E-state index contributed by atoms with van der Waals surface area (Å²) in [7, 11) is -2.54. The Bertz CT molecular complexity index is 1220. The van der Waals surface area contributed by atoms with Gasteiger partial charge in [0.2, 0.25) is 15.9 Å². The van der Waals surface area contributed by atoms with Gasteiger partial charge in [-0.05, 0) is 36.6 Å². The molecule has 0 saturated carbocycles. The Morgan fingerprint density at radius 3 is 2.42 bits per heavy atom. The lowest BCUT2D eigenvalue weighted by molar-refractivity contribution is -0.140. The first-order valence-corrected chi connectivity index (χ1v) is 13.9. The fraction of sp³-hybridized carbons (Fsp3) is 0.476. The number of aliphatic hydroxyl groups is 1. The van der Waals surface area contributed by atoms with Gasteiger partial charge in [0.05, 0.1) is 27.1 Å². The van der Waals surface area contributed by atoms with Crippen molar-refractivity contribution >= 4 is 62.1 Å². The van der Waals surface area contributed by atoms with Crippen LogP contribution in [-0.2, 0) is 31.3 Å². The van der Waals surface area contributed by atoms with Gasteiger partial charge in [0.25, 0.3) is 0 Å². The molecule has 1 aliphatic heterocycles. The van der Waals surface area contributed by atoms with Crippen LogP contribution in [0.2, 0.25) is 13.7 Å². The molecule has 0 aliphatic carbocycles. The molecular weight excluding hydrogens is 588 g/mol. The molecule has 1 aromatic heterocycles. The lowest BCUT2D eigenvalue weighted by atomic mass is 9.83. The van der Waals surface area contributed by atoms with Gasteiger partial charge in [-0.2, -0.15) is 17.5 Å². The van der Waals surface area contributed by atoms with Gasteiger partial charge in [-0.3, -0.25) is 4.79 Å². The molecule has 0 atom stereocenters. The van der Waals surface area contributed by atoms with E-state index < -0.39 is 32.4 Å². The fourth-order valence-electron chi connectivity index (χ4n) is 3.68. The summed E-state index contributed by atoms with van der Waals surface area (Å²) < 4.78 is 71.3. The molecule has 200 valence electrons. The highest BCUT2D eigenvalue weighted by molar-refractivity contribution is 7.89. The number of likely N-dealkylation sites (N-methyl/N-ethyl adjacent to an activating group) is 1. The molecule has 36 heavy (non-hydrogen) atoms. The first-order valence-electron chi connectivity index (χ1n) is 10.5.